The Balaban J connectivity index is 1.39. The van der Waals surface area contributed by atoms with E-state index in [1.165, 1.54) is 13.2 Å². The van der Waals surface area contributed by atoms with Gasteiger partial charge in [-0.25, -0.2) is 0 Å². The van der Waals surface area contributed by atoms with Crippen molar-refractivity contribution in [1.29, 1.82) is 0 Å². The second-order valence-electron chi connectivity index (χ2n) is 12.4. The Hall–Kier alpha value is -3.72. The molecule has 0 radical (unpaired) electrons. The number of ether oxygens (including phenoxy) is 4. The van der Waals surface area contributed by atoms with E-state index in [0.717, 1.165) is 11.1 Å². The summed E-state index contributed by atoms with van der Waals surface area (Å²) in [5.41, 5.74) is 3.19. The van der Waals surface area contributed by atoms with Gasteiger partial charge in [-0.2, -0.15) is 13.2 Å². The van der Waals surface area contributed by atoms with Gasteiger partial charge in [0.15, 0.2) is 0 Å². The highest BCUT2D eigenvalue weighted by Gasteiger charge is 2.38. The first-order valence-corrected chi connectivity index (χ1v) is 14.9. The summed E-state index contributed by atoms with van der Waals surface area (Å²) in [7, 11) is 1.36. The molecular formula is C35H39F3O6. The van der Waals surface area contributed by atoms with E-state index in [1.54, 1.807) is 38.1 Å². The molecule has 9 heteroatoms. The smallest absolute Gasteiger partial charge is 0.417 e. The minimum Gasteiger partial charge on any atom is -0.493 e. The van der Waals surface area contributed by atoms with Crippen molar-refractivity contribution in [2.45, 2.75) is 77.0 Å². The van der Waals surface area contributed by atoms with Gasteiger partial charge in [0.05, 0.1) is 44.5 Å². The molecule has 1 aliphatic heterocycles. The number of hydrogen-bond acceptors (Lipinski definition) is 6. The van der Waals surface area contributed by atoms with Crippen LogP contribution in [0.1, 0.15) is 78.3 Å². The highest BCUT2D eigenvalue weighted by Crippen LogP contribution is 2.48. The van der Waals surface area contributed by atoms with Crippen molar-refractivity contribution in [3.8, 4) is 28.4 Å². The number of rotatable bonds is 10. The molecular weight excluding hydrogens is 573 g/mol. The lowest BCUT2D eigenvalue weighted by Gasteiger charge is -2.22. The number of carbonyl (C=O) groups excluding carboxylic acids is 1. The number of aryl methyl sites for hydroxylation is 2. The van der Waals surface area contributed by atoms with Gasteiger partial charge >= 0.3 is 12.1 Å². The third-order valence-corrected chi connectivity index (χ3v) is 8.53. The van der Waals surface area contributed by atoms with Gasteiger partial charge in [-0.05, 0) is 98.2 Å². The highest BCUT2D eigenvalue weighted by molar-refractivity contribution is 5.80. The van der Waals surface area contributed by atoms with E-state index >= 15 is 0 Å². The number of aliphatic hydroxyl groups is 1. The first-order chi connectivity index (χ1) is 20.7. The maximum atomic E-state index is 14.4. The zero-order valence-corrected chi connectivity index (χ0v) is 25.8. The SMILES string of the molecule is COC(=O)CC1COc2cc(OCC3CCc4c3ccc(C(F)(F)F)c4-c3c(C)cc(OCCC(C)(C)O)cc3C)ccc21. The average molecular weight is 613 g/mol. The number of alkyl halides is 3. The number of benzene rings is 3. The summed E-state index contributed by atoms with van der Waals surface area (Å²) in [5.74, 6) is 1.40. The molecule has 3 aromatic rings. The Kier molecular flexibility index (Phi) is 8.89. The molecule has 0 aromatic heterocycles. The summed E-state index contributed by atoms with van der Waals surface area (Å²) in [4.78, 5) is 11.7. The zero-order valence-electron chi connectivity index (χ0n) is 25.8. The number of halogens is 3. The van der Waals surface area contributed by atoms with Crippen LogP contribution in [0.4, 0.5) is 13.2 Å². The van der Waals surface area contributed by atoms with Crippen LogP contribution in [0.5, 0.6) is 17.2 Å². The van der Waals surface area contributed by atoms with Gasteiger partial charge in [-0.15, -0.1) is 0 Å². The molecule has 236 valence electrons. The normalized spacial score (nSPS) is 17.6. The third kappa shape index (κ3) is 6.83. The van der Waals surface area contributed by atoms with Crippen molar-refractivity contribution in [1.82, 2.24) is 0 Å². The van der Waals surface area contributed by atoms with Gasteiger partial charge in [0.1, 0.15) is 17.2 Å². The van der Waals surface area contributed by atoms with Crippen molar-refractivity contribution < 1.29 is 42.0 Å². The Morgan fingerprint density at radius 3 is 2.32 bits per heavy atom. The molecule has 0 spiro atoms. The monoisotopic (exact) mass is 612 g/mol. The van der Waals surface area contributed by atoms with Crippen molar-refractivity contribution in [3.05, 3.63) is 75.8 Å². The van der Waals surface area contributed by atoms with Gasteiger partial charge < -0.3 is 24.1 Å². The molecule has 0 bridgehead atoms. The summed E-state index contributed by atoms with van der Waals surface area (Å²) in [6.07, 6.45) is -2.68. The molecule has 2 unspecified atom stereocenters. The van der Waals surface area contributed by atoms with Gasteiger partial charge in [0.2, 0.25) is 0 Å². The maximum Gasteiger partial charge on any atom is 0.417 e. The largest absolute Gasteiger partial charge is 0.493 e. The quantitative estimate of drug-likeness (QED) is 0.237. The molecule has 6 nitrogen and oxygen atoms in total. The van der Waals surface area contributed by atoms with Crippen LogP contribution >= 0.6 is 0 Å². The van der Waals surface area contributed by atoms with Crippen LogP contribution in [0.25, 0.3) is 11.1 Å². The molecule has 1 heterocycles. The lowest BCUT2D eigenvalue weighted by atomic mass is 9.86. The number of carbonyl (C=O) groups is 1. The lowest BCUT2D eigenvalue weighted by molar-refractivity contribution is -0.141. The van der Waals surface area contributed by atoms with E-state index in [2.05, 4.69) is 0 Å². The summed E-state index contributed by atoms with van der Waals surface area (Å²) in [5, 5.41) is 9.98. The molecule has 0 saturated heterocycles. The second kappa shape index (κ2) is 12.3. The minimum atomic E-state index is -4.52. The van der Waals surface area contributed by atoms with Crippen LogP contribution in [-0.4, -0.2) is 43.6 Å². The molecule has 0 amide bonds. The summed E-state index contributed by atoms with van der Waals surface area (Å²) in [6, 6.07) is 11.9. The van der Waals surface area contributed by atoms with E-state index in [4.69, 9.17) is 18.9 Å². The Labute approximate surface area is 256 Å². The number of methoxy groups -OCH3 is 1. The Morgan fingerprint density at radius 1 is 0.955 bits per heavy atom. The van der Waals surface area contributed by atoms with Crippen molar-refractivity contribution in [2.75, 3.05) is 26.9 Å². The summed E-state index contributed by atoms with van der Waals surface area (Å²) in [6.45, 7) is 8.02. The first-order valence-electron chi connectivity index (χ1n) is 14.9. The number of fused-ring (bicyclic) bond motifs is 2. The van der Waals surface area contributed by atoms with Crippen LogP contribution in [-0.2, 0) is 22.1 Å². The number of esters is 1. The van der Waals surface area contributed by atoms with E-state index < -0.39 is 17.3 Å². The van der Waals surface area contributed by atoms with Gasteiger partial charge in [0.25, 0.3) is 0 Å². The Morgan fingerprint density at radius 2 is 1.66 bits per heavy atom. The van der Waals surface area contributed by atoms with E-state index in [9.17, 15) is 23.1 Å². The van der Waals surface area contributed by atoms with Crippen molar-refractivity contribution in [2.24, 2.45) is 0 Å². The molecule has 2 atom stereocenters. The van der Waals surface area contributed by atoms with Crippen molar-refractivity contribution >= 4 is 5.97 Å². The maximum absolute atomic E-state index is 14.4. The minimum absolute atomic E-state index is 0.0719. The van der Waals surface area contributed by atoms with Gasteiger partial charge in [-0.1, -0.05) is 12.1 Å². The lowest BCUT2D eigenvalue weighted by Crippen LogP contribution is -2.21. The fourth-order valence-corrected chi connectivity index (χ4v) is 6.30. The zero-order chi connectivity index (χ0) is 31.8. The van der Waals surface area contributed by atoms with Gasteiger partial charge in [-0.3, -0.25) is 4.79 Å². The number of hydrogen-bond donors (Lipinski definition) is 1. The molecule has 1 N–H and O–H groups in total. The third-order valence-electron chi connectivity index (χ3n) is 8.53. The second-order valence-corrected chi connectivity index (χ2v) is 12.4. The summed E-state index contributed by atoms with van der Waals surface area (Å²) < 4.78 is 65.8. The average Bonchev–Trinajstić information content (AvgIpc) is 3.54. The van der Waals surface area contributed by atoms with Crippen molar-refractivity contribution in [3.63, 3.8) is 0 Å². The van der Waals surface area contributed by atoms with Crippen LogP contribution in [0.15, 0.2) is 42.5 Å². The van der Waals surface area contributed by atoms with Crippen LogP contribution in [0.2, 0.25) is 0 Å². The van der Waals surface area contributed by atoms with Gasteiger partial charge in [0, 0.05) is 29.9 Å². The fourth-order valence-electron chi connectivity index (χ4n) is 6.30. The van der Waals surface area contributed by atoms with E-state index in [0.29, 0.717) is 78.6 Å². The molecule has 0 fully saturated rings. The van der Waals surface area contributed by atoms with Crippen LogP contribution < -0.4 is 14.2 Å². The molecule has 2 aliphatic rings. The van der Waals surface area contributed by atoms with Crippen LogP contribution in [0, 0.1) is 13.8 Å². The standard InChI is InChI=1S/C35H39F3O6/c1-20-14-25(42-13-12-34(3,4)40)15-21(2)32(20)33-28-8-6-22(26(28)10-11-29(33)35(36,37)38)18-43-24-7-9-27-23(16-31(39)41-5)19-44-30(27)17-24/h7,9-11,14-15,17,22-23,40H,6,8,12-13,16,18-19H2,1-5H3. The topological polar surface area (TPSA) is 74.2 Å². The Bertz CT molecular complexity index is 1520. The first kappa shape index (κ1) is 31.7. The molecule has 44 heavy (non-hydrogen) atoms. The molecule has 0 saturated carbocycles. The predicted octanol–water partition coefficient (Wildman–Crippen LogP) is 7.68. The van der Waals surface area contributed by atoms with E-state index in [-0.39, 0.29) is 29.8 Å². The van der Waals surface area contributed by atoms with E-state index in [1.807, 2.05) is 26.0 Å². The molecule has 3 aromatic carbocycles. The predicted molar refractivity (Wildman–Crippen MR) is 161 cm³/mol. The highest BCUT2D eigenvalue weighted by atomic mass is 19.4. The molecule has 1 aliphatic carbocycles. The van der Waals surface area contributed by atoms with Crippen LogP contribution in [0.3, 0.4) is 0 Å². The fraction of sp³-hybridized carbons (Fsp3) is 0.457. The molecule has 5 rings (SSSR count). The summed E-state index contributed by atoms with van der Waals surface area (Å²) >= 11 is 0.